The molecule has 6 aromatic rings. The minimum atomic E-state index is -4.54. The van der Waals surface area contributed by atoms with Crippen LogP contribution in [0.1, 0.15) is 165 Å². The number of nitrogens with one attached hydrogen (secondary N) is 1. The fourth-order valence-electron chi connectivity index (χ4n) is 9.04. The van der Waals surface area contributed by atoms with Gasteiger partial charge in [-0.1, -0.05) is 0 Å². The van der Waals surface area contributed by atoms with Gasteiger partial charge in [-0.25, -0.2) is 32.5 Å². The third-order valence-corrected chi connectivity index (χ3v) is 16.6. The van der Waals surface area contributed by atoms with E-state index in [2.05, 4.69) is 35.6 Å². The van der Waals surface area contributed by atoms with Crippen molar-refractivity contribution in [2.75, 3.05) is 32.7 Å². The van der Waals surface area contributed by atoms with Gasteiger partial charge in [0.2, 0.25) is 11.8 Å². The molecule has 3 fully saturated rings. The van der Waals surface area contributed by atoms with E-state index >= 15 is 0 Å². The lowest BCUT2D eigenvalue weighted by Gasteiger charge is -2.31. The Morgan fingerprint density at radius 2 is 1.09 bits per heavy atom. The standard InChI is InChI=1S/C17H18F4N4O2S.C17H19F3N4O2S.C16H17F3N4O2S/c1-9(26)12-8-28-17(22-12)10-2-4-24(5-3-10)14(27)7-25-13(16(20)21)6-11(23-25)15(18)19;1-9-5-15(17(18,19)20)23-24(9)7-14(26)12-6-11(3-4-21-12)16-22-13(8-27-16)10(2)25;1-10(24)12-9-26-15(20-12)11-2-5-22(6-3-11)14(25)8-23-7-4-13(21-23)16(17,18)19/h6,8,10,15-16H,2-5,7H2,1H3;5,8,11-12,21H,3-4,6-7H2,1-2H3;4,7,9,11H,2-3,5-6,8H2,1H3. The number of hydrogen-bond acceptors (Lipinski definition) is 16. The summed E-state index contributed by atoms with van der Waals surface area (Å²) in [7, 11) is 0. The Kier molecular flexibility index (Phi) is 20.3. The van der Waals surface area contributed by atoms with Crippen molar-refractivity contribution >= 4 is 69.0 Å². The molecule has 3 aliphatic rings. The van der Waals surface area contributed by atoms with Crippen LogP contribution in [-0.4, -0.2) is 128 Å². The largest absolute Gasteiger partial charge is 0.435 e. The number of aromatic nitrogens is 9. The number of alkyl halides is 10. The predicted octanol–water partition coefficient (Wildman–Crippen LogP) is 9.77. The van der Waals surface area contributed by atoms with Gasteiger partial charge >= 0.3 is 12.4 Å². The van der Waals surface area contributed by atoms with Gasteiger partial charge in [0.05, 0.1) is 21.1 Å². The SMILES string of the molecule is CC(=O)c1csc(C2CCN(C(=O)Cn3ccc(C(F)(F)F)n3)CC2)n1.CC(=O)c1csc(C2CCN(C(=O)Cn3nc(C(F)F)cc3C(F)F)CC2)n1.CC(=O)c1csc(C2CCNC(C(=O)Cn3nc(C(F)(F)F)cc3C)C2)n1. The van der Waals surface area contributed by atoms with Crippen LogP contribution in [0.2, 0.25) is 0 Å². The quantitative estimate of drug-likeness (QED) is 0.0750. The second kappa shape index (κ2) is 26.5. The Bertz CT molecular complexity index is 3180. The molecule has 0 spiro atoms. The molecule has 0 aliphatic carbocycles. The van der Waals surface area contributed by atoms with Crippen LogP contribution in [0.4, 0.5) is 43.9 Å². The van der Waals surface area contributed by atoms with Crippen molar-refractivity contribution in [2.45, 2.75) is 135 Å². The van der Waals surface area contributed by atoms with Crippen molar-refractivity contribution in [3.63, 3.8) is 0 Å². The van der Waals surface area contributed by atoms with Crippen molar-refractivity contribution < 1.29 is 72.7 Å². The molecule has 9 rings (SSSR count). The van der Waals surface area contributed by atoms with Crippen molar-refractivity contribution in [3.8, 4) is 0 Å². The van der Waals surface area contributed by atoms with Gasteiger partial charge in [-0.05, 0) is 70.2 Å². The zero-order valence-electron chi connectivity index (χ0n) is 43.8. The molecule has 0 radical (unpaired) electrons. The smallest absolute Gasteiger partial charge is 0.341 e. The van der Waals surface area contributed by atoms with Crippen LogP contribution in [0, 0.1) is 6.92 Å². The Morgan fingerprint density at radius 1 is 0.605 bits per heavy atom. The van der Waals surface area contributed by atoms with E-state index in [9.17, 15) is 72.7 Å². The first-order valence-electron chi connectivity index (χ1n) is 25.2. The van der Waals surface area contributed by atoms with Gasteiger partial charge in [-0.2, -0.15) is 41.6 Å². The molecule has 0 saturated carbocycles. The van der Waals surface area contributed by atoms with E-state index in [0.717, 1.165) is 49.1 Å². The number of ketones is 4. The van der Waals surface area contributed by atoms with E-state index in [-0.39, 0.29) is 65.6 Å². The van der Waals surface area contributed by atoms with Crippen LogP contribution < -0.4 is 5.32 Å². The number of piperidine rings is 3. The normalized spacial score (nSPS) is 17.4. The fraction of sp³-hybridized carbons (Fsp3) is 0.520. The maximum Gasteiger partial charge on any atom is 0.435 e. The van der Waals surface area contributed by atoms with Crippen molar-refractivity contribution in [1.29, 1.82) is 0 Å². The molecule has 2 amide bonds. The van der Waals surface area contributed by atoms with E-state index in [0.29, 0.717) is 92.7 Å². The Morgan fingerprint density at radius 3 is 1.51 bits per heavy atom. The first-order valence-corrected chi connectivity index (χ1v) is 27.9. The monoisotopic (exact) mass is 1200 g/mol. The van der Waals surface area contributed by atoms with E-state index < -0.39 is 66.5 Å². The molecular weight excluding hydrogens is 1150 g/mol. The van der Waals surface area contributed by atoms with Crippen molar-refractivity contribution in [3.05, 3.63) is 101 Å². The summed E-state index contributed by atoms with van der Waals surface area (Å²) < 4.78 is 130. The van der Waals surface area contributed by atoms with E-state index in [4.69, 9.17) is 0 Å². The Balaban J connectivity index is 0.000000175. The summed E-state index contributed by atoms with van der Waals surface area (Å²) in [5.74, 6) is -0.853. The Labute approximate surface area is 467 Å². The Hall–Kier alpha value is -6.60. The molecule has 438 valence electrons. The lowest BCUT2D eigenvalue weighted by atomic mass is 9.91. The van der Waals surface area contributed by atoms with Crippen molar-refractivity contribution in [2.24, 2.45) is 0 Å². The highest BCUT2D eigenvalue weighted by molar-refractivity contribution is 7.10. The lowest BCUT2D eigenvalue weighted by molar-refractivity contribution is -0.142. The molecule has 3 saturated heterocycles. The van der Waals surface area contributed by atoms with Gasteiger partial charge in [0.1, 0.15) is 48.1 Å². The van der Waals surface area contributed by atoms with E-state index in [1.165, 1.54) is 66.6 Å². The topological polar surface area (TPSA) is 213 Å². The predicted molar refractivity (Wildman–Crippen MR) is 274 cm³/mol. The molecule has 9 heterocycles. The molecule has 18 nitrogen and oxygen atoms in total. The summed E-state index contributed by atoms with van der Waals surface area (Å²) in [5.41, 5.74) is -1.88. The molecule has 31 heteroatoms. The van der Waals surface area contributed by atoms with Crippen LogP contribution in [-0.2, 0) is 46.4 Å². The summed E-state index contributed by atoms with van der Waals surface area (Å²) in [5, 5.41) is 21.2. The molecule has 2 unspecified atom stereocenters. The molecule has 2 atom stereocenters. The number of aryl methyl sites for hydroxylation is 1. The maximum atomic E-state index is 13.0. The van der Waals surface area contributed by atoms with Crippen LogP contribution in [0.15, 0.2) is 40.5 Å². The van der Waals surface area contributed by atoms with Gasteiger partial charge in [0.25, 0.3) is 12.9 Å². The highest BCUT2D eigenvalue weighted by Crippen LogP contribution is 2.35. The highest BCUT2D eigenvalue weighted by Gasteiger charge is 2.37. The minimum Gasteiger partial charge on any atom is -0.341 e. The first-order chi connectivity index (χ1) is 38.1. The number of rotatable bonds is 15. The van der Waals surface area contributed by atoms with Gasteiger partial charge in [0.15, 0.2) is 34.5 Å². The number of likely N-dealkylation sites (tertiary alicyclic amines) is 2. The molecular formula is C50H54F10N12O6S3. The van der Waals surface area contributed by atoms with E-state index in [1.54, 1.807) is 21.0 Å². The van der Waals surface area contributed by atoms with Gasteiger partial charge in [-0.3, -0.25) is 42.8 Å². The zero-order valence-corrected chi connectivity index (χ0v) is 46.2. The minimum absolute atomic E-state index is 0.0442. The number of Topliss-reactive ketones (excluding diaryl/α,β-unsaturated/α-hetero) is 4. The van der Waals surface area contributed by atoms with E-state index in [1.807, 2.05) is 0 Å². The third-order valence-electron chi connectivity index (χ3n) is 13.6. The van der Waals surface area contributed by atoms with Gasteiger partial charge in [-0.15, -0.1) is 34.0 Å². The molecule has 0 aromatic carbocycles. The number of halogens is 10. The summed E-state index contributed by atoms with van der Waals surface area (Å²) in [4.78, 5) is 87.6. The summed E-state index contributed by atoms with van der Waals surface area (Å²) in [6.07, 6.45) is -9.92. The molecule has 3 aliphatic heterocycles. The molecule has 6 aromatic heterocycles. The molecule has 81 heavy (non-hydrogen) atoms. The van der Waals surface area contributed by atoms with Crippen LogP contribution >= 0.6 is 34.0 Å². The number of amides is 2. The third kappa shape index (κ3) is 16.3. The number of nitrogens with zero attached hydrogens (tertiary/aromatic N) is 11. The van der Waals surface area contributed by atoms with Crippen LogP contribution in [0.3, 0.4) is 0 Å². The average Bonchev–Trinajstić information content (AvgIpc) is 4.47. The first kappa shape index (κ1) is 62.0. The second-order valence-corrected chi connectivity index (χ2v) is 22.0. The number of carbonyl (C=O) groups excluding carboxylic acids is 6. The number of carbonyl (C=O) groups is 6. The summed E-state index contributed by atoms with van der Waals surface area (Å²) in [6.45, 7) is 7.32. The lowest BCUT2D eigenvalue weighted by Crippen LogP contribution is -2.44. The molecule has 1 N–H and O–H groups in total. The second-order valence-electron chi connectivity index (χ2n) is 19.4. The summed E-state index contributed by atoms with van der Waals surface area (Å²) >= 11 is 4.25. The fourth-order valence-corrected chi connectivity index (χ4v) is 12.1. The number of thiazole rings is 3. The summed E-state index contributed by atoms with van der Waals surface area (Å²) in [6, 6.07) is 1.94. The van der Waals surface area contributed by atoms with Crippen molar-refractivity contribution in [1.82, 2.24) is 59.4 Å². The van der Waals surface area contributed by atoms with Gasteiger partial charge < -0.3 is 15.1 Å². The zero-order chi connectivity index (χ0) is 59.1. The average molecular weight is 1210 g/mol. The molecule has 0 bridgehead atoms. The highest BCUT2D eigenvalue weighted by atomic mass is 32.1. The number of hydrogen-bond donors (Lipinski definition) is 1. The van der Waals surface area contributed by atoms with Crippen LogP contribution in [0.5, 0.6) is 0 Å². The van der Waals surface area contributed by atoms with Crippen LogP contribution in [0.25, 0.3) is 0 Å². The van der Waals surface area contributed by atoms with Gasteiger partial charge in [0, 0.05) is 92.7 Å². The maximum absolute atomic E-state index is 13.0.